The fourth-order valence-electron chi connectivity index (χ4n) is 4.00. The summed E-state index contributed by atoms with van der Waals surface area (Å²) in [6, 6.07) is 14.2. The Hall–Kier alpha value is -2.88. The molecule has 0 saturated heterocycles. The highest BCUT2D eigenvalue weighted by Gasteiger charge is 2.20. The predicted molar refractivity (Wildman–Crippen MR) is 117 cm³/mol. The van der Waals surface area contributed by atoms with E-state index in [1.165, 1.54) is 12.7 Å². The van der Waals surface area contributed by atoms with E-state index in [0.29, 0.717) is 5.56 Å². The maximum Gasteiger partial charge on any atom is 0.338 e. The number of aryl methyl sites for hydroxylation is 3. The van der Waals surface area contributed by atoms with E-state index >= 15 is 0 Å². The van der Waals surface area contributed by atoms with Gasteiger partial charge in [-0.25, -0.2) is 4.79 Å². The number of hydrogen-bond acceptors (Lipinski definition) is 3. The van der Waals surface area contributed by atoms with Crippen molar-refractivity contribution < 1.29 is 14.3 Å². The molecule has 29 heavy (non-hydrogen) atoms. The van der Waals surface area contributed by atoms with Crippen molar-refractivity contribution in [2.75, 3.05) is 7.11 Å². The number of methoxy groups -OCH3 is 1. The molecule has 0 aliphatic heterocycles. The largest absolute Gasteiger partial charge is 0.465 e. The van der Waals surface area contributed by atoms with E-state index in [1.54, 1.807) is 0 Å². The summed E-state index contributed by atoms with van der Waals surface area (Å²) in [6.07, 6.45) is 6.00. The Labute approximate surface area is 172 Å². The fraction of sp³-hybridized carbons (Fsp3) is 0.360. The summed E-state index contributed by atoms with van der Waals surface area (Å²) in [5.41, 5.74) is 5.38. The third-order valence-electron chi connectivity index (χ3n) is 5.57. The third kappa shape index (κ3) is 4.42. The molecule has 4 nitrogen and oxygen atoms in total. The number of carbonyl (C=O) groups excluding carboxylic acids is 2. The van der Waals surface area contributed by atoms with Crippen LogP contribution in [0.3, 0.4) is 0 Å². The van der Waals surface area contributed by atoms with E-state index in [1.807, 2.05) is 37.3 Å². The standard InChI is InChI=1S/C25H29NO3/c1-4-5-7-12-23-22(17-27)21-15-18(2)20(25(28)29-3)16-24(21)26(23)14-13-19-10-8-6-9-11-19/h6,8-11,15-17H,4-5,7,12-14H2,1-3H3. The first kappa shape index (κ1) is 20.8. The van der Waals surface area contributed by atoms with Crippen molar-refractivity contribution in [3.05, 3.63) is 70.4 Å². The average molecular weight is 392 g/mol. The first-order valence-electron chi connectivity index (χ1n) is 10.3. The van der Waals surface area contributed by atoms with Gasteiger partial charge in [0.2, 0.25) is 0 Å². The normalized spacial score (nSPS) is 11.0. The van der Waals surface area contributed by atoms with Gasteiger partial charge >= 0.3 is 5.97 Å². The Morgan fingerprint density at radius 2 is 1.86 bits per heavy atom. The highest BCUT2D eigenvalue weighted by molar-refractivity contribution is 6.03. The van der Waals surface area contributed by atoms with Gasteiger partial charge in [-0.3, -0.25) is 4.79 Å². The van der Waals surface area contributed by atoms with Crippen molar-refractivity contribution in [2.45, 2.75) is 52.5 Å². The molecule has 0 saturated carbocycles. The minimum absolute atomic E-state index is 0.347. The first-order valence-corrected chi connectivity index (χ1v) is 10.3. The molecule has 0 unspecified atom stereocenters. The van der Waals surface area contributed by atoms with Crippen LogP contribution < -0.4 is 0 Å². The maximum atomic E-state index is 12.2. The van der Waals surface area contributed by atoms with E-state index in [2.05, 4.69) is 23.6 Å². The number of aldehydes is 1. The number of carbonyl (C=O) groups is 2. The zero-order valence-electron chi connectivity index (χ0n) is 17.5. The molecule has 0 radical (unpaired) electrons. The van der Waals surface area contributed by atoms with Crippen LogP contribution >= 0.6 is 0 Å². The molecular formula is C25H29NO3. The number of fused-ring (bicyclic) bond motifs is 1. The van der Waals surface area contributed by atoms with Crippen molar-refractivity contribution in [1.29, 1.82) is 0 Å². The van der Waals surface area contributed by atoms with Gasteiger partial charge in [0.25, 0.3) is 0 Å². The summed E-state index contributed by atoms with van der Waals surface area (Å²) < 4.78 is 7.19. The SMILES string of the molecule is CCCCCc1c(C=O)c2cc(C)c(C(=O)OC)cc2n1CCc1ccccc1. The molecule has 0 spiro atoms. The maximum absolute atomic E-state index is 12.2. The number of rotatable bonds is 9. The zero-order chi connectivity index (χ0) is 20.8. The van der Waals surface area contributed by atoms with Crippen LogP contribution in [0.1, 0.15) is 63.7 Å². The molecule has 3 rings (SSSR count). The van der Waals surface area contributed by atoms with Crippen molar-refractivity contribution in [3.63, 3.8) is 0 Å². The molecule has 0 aliphatic carbocycles. The van der Waals surface area contributed by atoms with Gasteiger partial charge in [-0.15, -0.1) is 0 Å². The Kier molecular flexibility index (Phi) is 6.86. The van der Waals surface area contributed by atoms with Crippen LogP contribution in [0.2, 0.25) is 0 Å². The Morgan fingerprint density at radius 1 is 1.10 bits per heavy atom. The van der Waals surface area contributed by atoms with Gasteiger partial charge in [0, 0.05) is 28.7 Å². The molecule has 152 valence electrons. The van der Waals surface area contributed by atoms with Crippen LogP contribution in [-0.2, 0) is 24.1 Å². The molecule has 0 amide bonds. The molecule has 0 atom stereocenters. The lowest BCUT2D eigenvalue weighted by Gasteiger charge is -2.12. The Morgan fingerprint density at radius 3 is 2.52 bits per heavy atom. The average Bonchev–Trinajstić information content (AvgIpc) is 3.03. The third-order valence-corrected chi connectivity index (χ3v) is 5.57. The zero-order valence-corrected chi connectivity index (χ0v) is 17.5. The number of aromatic nitrogens is 1. The van der Waals surface area contributed by atoms with Crippen molar-refractivity contribution in [3.8, 4) is 0 Å². The first-order chi connectivity index (χ1) is 14.1. The van der Waals surface area contributed by atoms with Gasteiger partial charge in [-0.1, -0.05) is 50.1 Å². The molecule has 4 heteroatoms. The highest BCUT2D eigenvalue weighted by atomic mass is 16.5. The van der Waals surface area contributed by atoms with E-state index < -0.39 is 0 Å². The minimum atomic E-state index is -0.347. The summed E-state index contributed by atoms with van der Waals surface area (Å²) in [7, 11) is 1.40. The summed E-state index contributed by atoms with van der Waals surface area (Å²) in [6.45, 7) is 4.83. The molecule has 0 bridgehead atoms. The topological polar surface area (TPSA) is 48.3 Å². The lowest BCUT2D eigenvalue weighted by molar-refractivity contribution is 0.0600. The summed E-state index contributed by atoms with van der Waals surface area (Å²) in [4.78, 5) is 24.3. The lowest BCUT2D eigenvalue weighted by Crippen LogP contribution is -2.08. The second-order valence-electron chi connectivity index (χ2n) is 7.50. The number of unbranched alkanes of at least 4 members (excludes halogenated alkanes) is 2. The molecular weight excluding hydrogens is 362 g/mol. The van der Waals surface area contributed by atoms with Crippen LogP contribution in [0.4, 0.5) is 0 Å². The Balaban J connectivity index is 2.12. The number of ether oxygens (including phenoxy) is 1. The molecule has 0 fully saturated rings. The smallest absolute Gasteiger partial charge is 0.338 e. The molecule has 1 aromatic heterocycles. The van der Waals surface area contributed by atoms with Crippen LogP contribution in [0.15, 0.2) is 42.5 Å². The second-order valence-corrected chi connectivity index (χ2v) is 7.50. The second kappa shape index (κ2) is 9.55. The lowest BCUT2D eigenvalue weighted by atomic mass is 10.0. The number of hydrogen-bond donors (Lipinski definition) is 0. The van der Waals surface area contributed by atoms with Crippen molar-refractivity contribution in [2.24, 2.45) is 0 Å². The van der Waals surface area contributed by atoms with Gasteiger partial charge in [-0.05, 0) is 49.4 Å². The van der Waals surface area contributed by atoms with E-state index in [4.69, 9.17) is 4.74 Å². The molecule has 1 heterocycles. The molecule has 3 aromatic rings. The fourth-order valence-corrected chi connectivity index (χ4v) is 4.00. The van der Waals surface area contributed by atoms with Crippen molar-refractivity contribution in [1.82, 2.24) is 4.57 Å². The van der Waals surface area contributed by atoms with Gasteiger partial charge in [-0.2, -0.15) is 0 Å². The number of esters is 1. The number of nitrogens with zero attached hydrogens (tertiary/aromatic N) is 1. The molecule has 2 aromatic carbocycles. The van der Waals surface area contributed by atoms with E-state index in [0.717, 1.165) is 72.7 Å². The monoisotopic (exact) mass is 391 g/mol. The van der Waals surface area contributed by atoms with E-state index in [-0.39, 0.29) is 5.97 Å². The van der Waals surface area contributed by atoms with Gasteiger partial charge < -0.3 is 9.30 Å². The predicted octanol–water partition coefficient (Wildman–Crippen LogP) is 5.52. The molecule has 0 N–H and O–H groups in total. The minimum Gasteiger partial charge on any atom is -0.465 e. The highest BCUT2D eigenvalue weighted by Crippen LogP contribution is 2.30. The number of benzene rings is 2. The van der Waals surface area contributed by atoms with Crippen LogP contribution in [0.5, 0.6) is 0 Å². The van der Waals surface area contributed by atoms with Gasteiger partial charge in [0.05, 0.1) is 12.7 Å². The van der Waals surface area contributed by atoms with Crippen LogP contribution in [0, 0.1) is 6.92 Å². The summed E-state index contributed by atoms with van der Waals surface area (Å²) in [5, 5.41) is 0.921. The van der Waals surface area contributed by atoms with E-state index in [9.17, 15) is 9.59 Å². The van der Waals surface area contributed by atoms with Crippen molar-refractivity contribution >= 4 is 23.2 Å². The quantitative estimate of drug-likeness (QED) is 0.274. The van der Waals surface area contributed by atoms with Gasteiger partial charge in [0.15, 0.2) is 6.29 Å². The summed E-state index contributed by atoms with van der Waals surface area (Å²) in [5.74, 6) is -0.347. The van der Waals surface area contributed by atoms with Gasteiger partial charge in [0.1, 0.15) is 0 Å². The Bertz CT molecular complexity index is 1000. The van der Waals surface area contributed by atoms with Crippen LogP contribution in [0.25, 0.3) is 10.9 Å². The summed E-state index contributed by atoms with van der Waals surface area (Å²) >= 11 is 0. The molecule has 0 aliphatic rings. The van der Waals surface area contributed by atoms with Crippen LogP contribution in [-0.4, -0.2) is 23.9 Å².